The van der Waals surface area contributed by atoms with Crippen LogP contribution in [-0.4, -0.2) is 49.3 Å². The molecule has 2 unspecified atom stereocenters. The predicted molar refractivity (Wildman–Crippen MR) is 62.5 cm³/mol. The Labute approximate surface area is 97.9 Å². The minimum absolute atomic E-state index is 0. The summed E-state index contributed by atoms with van der Waals surface area (Å²) < 4.78 is 5.66. The molecular formula is C11H21ClN2O. The summed E-state index contributed by atoms with van der Waals surface area (Å²) in [6.07, 6.45) is 3.08. The van der Waals surface area contributed by atoms with E-state index in [1.165, 1.54) is 32.5 Å². The first kappa shape index (κ1) is 11.6. The molecule has 0 aromatic heterocycles. The molecule has 0 amide bonds. The Balaban J connectivity index is 0.000000853. The fraction of sp³-hybridized carbons (Fsp3) is 1.00. The van der Waals surface area contributed by atoms with Crippen LogP contribution in [0.3, 0.4) is 0 Å². The molecule has 15 heavy (non-hydrogen) atoms. The van der Waals surface area contributed by atoms with Crippen molar-refractivity contribution < 1.29 is 4.74 Å². The minimum Gasteiger partial charge on any atom is -0.377 e. The molecule has 3 aliphatic rings. The van der Waals surface area contributed by atoms with E-state index in [1.807, 2.05) is 0 Å². The van der Waals surface area contributed by atoms with E-state index in [4.69, 9.17) is 4.74 Å². The molecule has 0 aliphatic carbocycles. The second-order valence-corrected chi connectivity index (χ2v) is 4.94. The zero-order chi connectivity index (χ0) is 9.54. The highest BCUT2D eigenvalue weighted by Gasteiger charge is 2.43. The lowest BCUT2D eigenvalue weighted by Crippen LogP contribution is -2.45. The monoisotopic (exact) mass is 232 g/mol. The van der Waals surface area contributed by atoms with Gasteiger partial charge in [-0.1, -0.05) is 0 Å². The lowest BCUT2D eigenvalue weighted by molar-refractivity contribution is 0.0689. The van der Waals surface area contributed by atoms with Crippen LogP contribution in [0.2, 0.25) is 0 Å². The summed E-state index contributed by atoms with van der Waals surface area (Å²) in [4.78, 5) is 2.71. The van der Waals surface area contributed by atoms with Gasteiger partial charge in [0, 0.05) is 25.2 Å². The van der Waals surface area contributed by atoms with Gasteiger partial charge < -0.3 is 10.1 Å². The van der Waals surface area contributed by atoms with Crippen LogP contribution >= 0.6 is 12.4 Å². The summed E-state index contributed by atoms with van der Waals surface area (Å²) in [5, 5.41) is 3.51. The van der Waals surface area contributed by atoms with Crippen LogP contribution in [0.1, 0.15) is 19.8 Å². The molecule has 1 N–H and O–H groups in total. The molecule has 3 heterocycles. The van der Waals surface area contributed by atoms with Gasteiger partial charge in [0.1, 0.15) is 0 Å². The van der Waals surface area contributed by atoms with Crippen LogP contribution in [0.25, 0.3) is 0 Å². The van der Waals surface area contributed by atoms with Crippen molar-refractivity contribution in [2.24, 2.45) is 5.92 Å². The fourth-order valence-electron chi connectivity index (χ4n) is 3.45. The maximum Gasteiger partial charge on any atom is 0.0703 e. The van der Waals surface area contributed by atoms with Crippen molar-refractivity contribution in [3.05, 3.63) is 0 Å². The Bertz CT molecular complexity index is 227. The highest BCUT2D eigenvalue weighted by Crippen LogP contribution is 2.32. The van der Waals surface area contributed by atoms with Gasteiger partial charge in [-0.3, -0.25) is 4.90 Å². The molecule has 4 heteroatoms. The van der Waals surface area contributed by atoms with Gasteiger partial charge in [-0.05, 0) is 38.8 Å². The Hall–Kier alpha value is 0.170. The zero-order valence-corrected chi connectivity index (χ0v) is 10.1. The van der Waals surface area contributed by atoms with Crippen LogP contribution in [0, 0.1) is 5.92 Å². The van der Waals surface area contributed by atoms with Crippen molar-refractivity contribution in [3.8, 4) is 0 Å². The SMILES string of the molecule is CC1OCCC1N1CC[C@H]2CNC[C@H]21.Cl. The van der Waals surface area contributed by atoms with E-state index < -0.39 is 0 Å². The lowest BCUT2D eigenvalue weighted by atomic mass is 10.0. The number of nitrogens with zero attached hydrogens (tertiary/aromatic N) is 1. The molecule has 4 atom stereocenters. The van der Waals surface area contributed by atoms with Crippen molar-refractivity contribution in [1.82, 2.24) is 10.2 Å². The lowest BCUT2D eigenvalue weighted by Gasteiger charge is -2.31. The topological polar surface area (TPSA) is 24.5 Å². The van der Waals surface area contributed by atoms with Crippen molar-refractivity contribution in [2.75, 3.05) is 26.2 Å². The highest BCUT2D eigenvalue weighted by atomic mass is 35.5. The third-order valence-corrected chi connectivity index (χ3v) is 4.25. The van der Waals surface area contributed by atoms with Crippen LogP contribution < -0.4 is 5.32 Å². The van der Waals surface area contributed by atoms with E-state index in [0.717, 1.165) is 18.6 Å². The maximum absolute atomic E-state index is 5.66. The van der Waals surface area contributed by atoms with E-state index in [1.54, 1.807) is 0 Å². The average Bonchev–Trinajstić information content (AvgIpc) is 2.78. The zero-order valence-electron chi connectivity index (χ0n) is 9.32. The Morgan fingerprint density at radius 2 is 2.07 bits per heavy atom. The molecule has 0 bridgehead atoms. The first-order valence-electron chi connectivity index (χ1n) is 5.94. The number of ether oxygens (including phenoxy) is 1. The number of halogens is 1. The molecule has 3 rings (SSSR count). The minimum atomic E-state index is 0. The van der Waals surface area contributed by atoms with Gasteiger partial charge in [0.2, 0.25) is 0 Å². The molecule has 3 nitrogen and oxygen atoms in total. The normalized spacial score (nSPS) is 45.4. The molecule has 0 aromatic carbocycles. The van der Waals surface area contributed by atoms with Crippen molar-refractivity contribution in [3.63, 3.8) is 0 Å². The van der Waals surface area contributed by atoms with Crippen LogP contribution in [0.5, 0.6) is 0 Å². The number of hydrogen-bond donors (Lipinski definition) is 1. The van der Waals surface area contributed by atoms with Gasteiger partial charge in [0.25, 0.3) is 0 Å². The van der Waals surface area contributed by atoms with Gasteiger partial charge >= 0.3 is 0 Å². The molecule has 0 radical (unpaired) electrons. The molecule has 0 aromatic rings. The molecule has 0 spiro atoms. The molecule has 3 aliphatic heterocycles. The third-order valence-electron chi connectivity index (χ3n) is 4.25. The molecule has 3 fully saturated rings. The average molecular weight is 233 g/mol. The summed E-state index contributed by atoms with van der Waals surface area (Å²) in [5.41, 5.74) is 0. The summed E-state index contributed by atoms with van der Waals surface area (Å²) in [6, 6.07) is 1.51. The van der Waals surface area contributed by atoms with Crippen molar-refractivity contribution >= 4 is 12.4 Å². The highest BCUT2D eigenvalue weighted by molar-refractivity contribution is 5.85. The molecule has 88 valence electrons. The van der Waals surface area contributed by atoms with Gasteiger partial charge in [-0.2, -0.15) is 0 Å². The van der Waals surface area contributed by atoms with E-state index in [-0.39, 0.29) is 12.4 Å². The summed E-state index contributed by atoms with van der Waals surface area (Å²) >= 11 is 0. The number of nitrogens with one attached hydrogen (secondary N) is 1. The van der Waals surface area contributed by atoms with E-state index in [9.17, 15) is 0 Å². The Kier molecular flexibility index (Phi) is 3.56. The number of fused-ring (bicyclic) bond motifs is 1. The second-order valence-electron chi connectivity index (χ2n) is 4.94. The predicted octanol–water partition coefficient (Wildman–Crippen LogP) is 0.879. The van der Waals surface area contributed by atoms with Gasteiger partial charge in [-0.15, -0.1) is 12.4 Å². The van der Waals surface area contributed by atoms with E-state index in [2.05, 4.69) is 17.1 Å². The van der Waals surface area contributed by atoms with Crippen LogP contribution in [0.15, 0.2) is 0 Å². The first-order valence-corrected chi connectivity index (χ1v) is 5.94. The van der Waals surface area contributed by atoms with E-state index in [0.29, 0.717) is 12.1 Å². The summed E-state index contributed by atoms with van der Waals surface area (Å²) in [7, 11) is 0. The smallest absolute Gasteiger partial charge is 0.0703 e. The Morgan fingerprint density at radius 1 is 1.20 bits per heavy atom. The second kappa shape index (κ2) is 4.58. The number of likely N-dealkylation sites (tertiary alicyclic amines) is 1. The number of rotatable bonds is 1. The van der Waals surface area contributed by atoms with E-state index >= 15 is 0 Å². The van der Waals surface area contributed by atoms with Crippen molar-refractivity contribution in [2.45, 2.75) is 38.0 Å². The molecule has 0 saturated carbocycles. The van der Waals surface area contributed by atoms with Crippen LogP contribution in [0.4, 0.5) is 0 Å². The van der Waals surface area contributed by atoms with Gasteiger partial charge in [0.05, 0.1) is 6.10 Å². The quantitative estimate of drug-likeness (QED) is 0.727. The molecule has 3 saturated heterocycles. The maximum atomic E-state index is 5.66. The standard InChI is InChI=1S/C11H20N2O.ClH/c1-8-10(3-5-14-8)13-4-2-9-6-12-7-11(9)13;/h8-12H,2-7H2,1H3;1H/t8?,9-,10?,11+;/m0./s1. The Morgan fingerprint density at radius 3 is 2.80 bits per heavy atom. The summed E-state index contributed by atoms with van der Waals surface area (Å²) in [5.74, 6) is 0.919. The van der Waals surface area contributed by atoms with Gasteiger partial charge in [-0.25, -0.2) is 0 Å². The largest absolute Gasteiger partial charge is 0.377 e. The summed E-state index contributed by atoms with van der Waals surface area (Å²) in [6.45, 7) is 6.94. The fourth-order valence-corrected chi connectivity index (χ4v) is 3.45. The van der Waals surface area contributed by atoms with Gasteiger partial charge in [0.15, 0.2) is 0 Å². The number of hydrogen-bond acceptors (Lipinski definition) is 3. The van der Waals surface area contributed by atoms with Crippen molar-refractivity contribution in [1.29, 1.82) is 0 Å². The third kappa shape index (κ3) is 1.91. The van der Waals surface area contributed by atoms with Crippen LogP contribution in [-0.2, 0) is 4.74 Å². The first-order chi connectivity index (χ1) is 6.86. The molecular weight excluding hydrogens is 212 g/mol.